The maximum Gasteiger partial charge on any atom is 0.228 e. The number of nitrogens with zero attached hydrogens (tertiary/aromatic N) is 1. The average molecular weight is 263 g/mol. The van der Waals surface area contributed by atoms with Gasteiger partial charge in [-0.1, -0.05) is 19.3 Å². The first kappa shape index (κ1) is 11.1. The van der Waals surface area contributed by atoms with Crippen LogP contribution in [-0.2, 0) is 9.53 Å². The summed E-state index contributed by atoms with van der Waals surface area (Å²) >= 11 is 0. The summed E-state index contributed by atoms with van der Waals surface area (Å²) in [6.07, 6.45) is 6.75. The van der Waals surface area contributed by atoms with Crippen LogP contribution in [0.15, 0.2) is 0 Å². The number of aliphatic hydroxyl groups is 1. The van der Waals surface area contributed by atoms with E-state index in [0.29, 0.717) is 23.8 Å². The summed E-state index contributed by atoms with van der Waals surface area (Å²) in [4.78, 5) is 14.9. The highest BCUT2D eigenvalue weighted by molar-refractivity contribution is 5.84. The zero-order valence-electron chi connectivity index (χ0n) is 11.1. The second-order valence-electron chi connectivity index (χ2n) is 7.19. The zero-order valence-corrected chi connectivity index (χ0v) is 11.1. The summed E-state index contributed by atoms with van der Waals surface area (Å²) in [6, 6.07) is 0.409. The molecular weight excluding hydrogens is 242 g/mol. The fourth-order valence-electron chi connectivity index (χ4n) is 5.84. The zero-order chi connectivity index (χ0) is 12.7. The largest absolute Gasteiger partial charge is 0.390 e. The Labute approximate surface area is 113 Å². The number of hydrogen-bond acceptors (Lipinski definition) is 3. The molecule has 5 aliphatic rings. The smallest absolute Gasteiger partial charge is 0.228 e. The quantitative estimate of drug-likeness (QED) is 0.771. The highest BCUT2D eigenvalue weighted by Gasteiger charge is 2.72. The number of amides is 1. The Hall–Kier alpha value is -0.610. The van der Waals surface area contributed by atoms with E-state index in [-0.39, 0.29) is 30.3 Å². The van der Waals surface area contributed by atoms with Gasteiger partial charge in [0.05, 0.1) is 18.1 Å². The number of rotatable bonds is 1. The van der Waals surface area contributed by atoms with Crippen LogP contribution in [0.3, 0.4) is 0 Å². The highest BCUT2D eigenvalue weighted by Crippen LogP contribution is 2.64. The molecule has 4 heteroatoms. The van der Waals surface area contributed by atoms with Crippen molar-refractivity contribution < 1.29 is 14.6 Å². The molecule has 3 aliphatic carbocycles. The first-order valence-corrected chi connectivity index (χ1v) is 7.93. The Bertz CT molecular complexity index is 433. The van der Waals surface area contributed by atoms with Gasteiger partial charge in [-0.25, -0.2) is 0 Å². The summed E-state index contributed by atoms with van der Waals surface area (Å²) in [5.74, 6) is 1.41. The fourth-order valence-corrected chi connectivity index (χ4v) is 5.84. The van der Waals surface area contributed by atoms with E-state index in [9.17, 15) is 9.90 Å². The number of carbonyl (C=O) groups excluding carboxylic acids is 1. The van der Waals surface area contributed by atoms with E-state index in [2.05, 4.69) is 4.90 Å². The van der Waals surface area contributed by atoms with Gasteiger partial charge in [-0.3, -0.25) is 4.79 Å². The lowest BCUT2D eigenvalue weighted by Gasteiger charge is -2.37. The Kier molecular flexibility index (Phi) is 2.06. The predicted molar refractivity (Wildman–Crippen MR) is 67.0 cm³/mol. The van der Waals surface area contributed by atoms with Crippen LogP contribution in [0, 0.1) is 23.7 Å². The molecule has 4 nitrogen and oxygen atoms in total. The van der Waals surface area contributed by atoms with Crippen molar-refractivity contribution in [3.05, 3.63) is 0 Å². The van der Waals surface area contributed by atoms with Crippen molar-refractivity contribution in [2.75, 3.05) is 0 Å². The van der Waals surface area contributed by atoms with Gasteiger partial charge in [0.15, 0.2) is 0 Å². The van der Waals surface area contributed by atoms with Gasteiger partial charge < -0.3 is 14.7 Å². The topological polar surface area (TPSA) is 49.8 Å². The predicted octanol–water partition coefficient (Wildman–Crippen LogP) is 1.13. The number of ether oxygens (including phenoxy) is 1. The van der Waals surface area contributed by atoms with E-state index in [1.807, 2.05) is 0 Å². The van der Waals surface area contributed by atoms with Crippen LogP contribution in [0.25, 0.3) is 0 Å². The number of hydrogen-bond donors (Lipinski definition) is 1. The highest BCUT2D eigenvalue weighted by atomic mass is 16.5. The molecule has 3 saturated carbocycles. The summed E-state index contributed by atoms with van der Waals surface area (Å²) < 4.78 is 6.13. The molecule has 0 unspecified atom stereocenters. The molecule has 0 aromatic carbocycles. The van der Waals surface area contributed by atoms with Crippen LogP contribution in [0.4, 0.5) is 0 Å². The molecule has 104 valence electrons. The van der Waals surface area contributed by atoms with Gasteiger partial charge in [0.2, 0.25) is 5.91 Å². The van der Waals surface area contributed by atoms with Crippen LogP contribution < -0.4 is 0 Å². The van der Waals surface area contributed by atoms with Gasteiger partial charge in [0.25, 0.3) is 0 Å². The van der Waals surface area contributed by atoms with E-state index in [4.69, 9.17) is 4.74 Å². The van der Waals surface area contributed by atoms with Crippen LogP contribution in [0.1, 0.15) is 38.5 Å². The van der Waals surface area contributed by atoms with Crippen LogP contribution in [-0.4, -0.2) is 40.4 Å². The minimum atomic E-state index is -0.381. The summed E-state index contributed by atoms with van der Waals surface area (Å²) in [5, 5.41) is 10.2. The lowest BCUT2D eigenvalue weighted by molar-refractivity contribution is -0.156. The Morgan fingerprint density at radius 1 is 1.16 bits per heavy atom. The lowest BCUT2D eigenvalue weighted by atomic mass is 9.80. The van der Waals surface area contributed by atoms with E-state index >= 15 is 0 Å². The molecule has 0 radical (unpaired) electrons. The van der Waals surface area contributed by atoms with Crippen molar-refractivity contribution in [1.82, 2.24) is 4.90 Å². The number of likely N-dealkylation sites (tertiary alicyclic amines) is 1. The molecule has 7 atom stereocenters. The van der Waals surface area contributed by atoms with Gasteiger partial charge >= 0.3 is 0 Å². The standard InChI is InChI=1S/C15H21NO3/c17-12-8-6-9-11-10(8)14(18)16(15(11)19-13(9)12)7-4-2-1-3-5-7/h7-13,15,17H,1-6H2/t8-,9-,10-,11+,12-,13+,15-/m1/s1. The van der Waals surface area contributed by atoms with Crippen molar-refractivity contribution in [3.63, 3.8) is 0 Å². The summed E-state index contributed by atoms with van der Waals surface area (Å²) in [7, 11) is 0. The van der Waals surface area contributed by atoms with Gasteiger partial charge in [0, 0.05) is 12.0 Å². The number of fused-ring (bicyclic) bond motifs is 2. The molecule has 0 spiro atoms. The monoisotopic (exact) mass is 263 g/mol. The SMILES string of the molecule is O=C1[C@@H]2[C@H]3C[C@H]4[C@H](O[C@H]([C@@H]42)N1C1CCCCC1)[C@@H]3O. The van der Waals surface area contributed by atoms with E-state index in [0.717, 1.165) is 19.3 Å². The molecule has 2 saturated heterocycles. The number of aliphatic hydroxyl groups excluding tert-OH is 1. The molecule has 5 fully saturated rings. The molecule has 1 N–H and O–H groups in total. The van der Waals surface area contributed by atoms with Gasteiger partial charge in [-0.2, -0.15) is 0 Å². The minimum Gasteiger partial charge on any atom is -0.390 e. The molecule has 2 heterocycles. The van der Waals surface area contributed by atoms with Crippen LogP contribution in [0.2, 0.25) is 0 Å². The molecule has 0 aromatic heterocycles. The molecule has 19 heavy (non-hydrogen) atoms. The molecular formula is C15H21NO3. The molecule has 0 aromatic rings. The van der Waals surface area contributed by atoms with E-state index < -0.39 is 0 Å². The lowest BCUT2D eigenvalue weighted by Crippen LogP contribution is -2.48. The molecule has 2 aliphatic heterocycles. The molecule has 2 bridgehead atoms. The minimum absolute atomic E-state index is 0.00208. The third kappa shape index (κ3) is 1.17. The van der Waals surface area contributed by atoms with Crippen LogP contribution in [0.5, 0.6) is 0 Å². The maximum absolute atomic E-state index is 12.8. The van der Waals surface area contributed by atoms with Crippen molar-refractivity contribution in [3.8, 4) is 0 Å². The number of carbonyl (C=O) groups is 1. The van der Waals surface area contributed by atoms with Crippen molar-refractivity contribution in [1.29, 1.82) is 0 Å². The second kappa shape index (κ2) is 3.53. The first-order valence-electron chi connectivity index (χ1n) is 7.93. The summed E-state index contributed by atoms with van der Waals surface area (Å²) in [6.45, 7) is 0. The molecule has 5 rings (SSSR count). The maximum atomic E-state index is 12.8. The van der Waals surface area contributed by atoms with Crippen LogP contribution >= 0.6 is 0 Å². The van der Waals surface area contributed by atoms with Crippen molar-refractivity contribution >= 4 is 5.91 Å². The van der Waals surface area contributed by atoms with E-state index in [1.54, 1.807) is 0 Å². The molecule has 1 amide bonds. The summed E-state index contributed by atoms with van der Waals surface area (Å²) in [5.41, 5.74) is 0. The third-order valence-electron chi connectivity index (χ3n) is 6.52. The first-order chi connectivity index (χ1) is 9.27. The fraction of sp³-hybridized carbons (Fsp3) is 0.933. The van der Waals surface area contributed by atoms with Gasteiger partial charge in [0.1, 0.15) is 6.23 Å². The Morgan fingerprint density at radius 3 is 2.74 bits per heavy atom. The van der Waals surface area contributed by atoms with Gasteiger partial charge in [-0.15, -0.1) is 0 Å². The normalized spacial score (nSPS) is 55.5. The van der Waals surface area contributed by atoms with E-state index in [1.165, 1.54) is 19.3 Å². The van der Waals surface area contributed by atoms with Crippen molar-refractivity contribution in [2.45, 2.75) is 63.0 Å². The Balaban J connectivity index is 1.50. The van der Waals surface area contributed by atoms with Gasteiger partial charge in [-0.05, 0) is 31.1 Å². The second-order valence-corrected chi connectivity index (χ2v) is 7.19. The Morgan fingerprint density at radius 2 is 1.95 bits per heavy atom. The average Bonchev–Trinajstić information content (AvgIpc) is 3.08. The third-order valence-corrected chi connectivity index (χ3v) is 6.52. The van der Waals surface area contributed by atoms with Crippen molar-refractivity contribution in [2.24, 2.45) is 23.7 Å².